The molecule has 11 heteroatoms. The molecule has 3 aliphatic rings. The molecular formula is C37H43Cl2N5O4. The maximum Gasteiger partial charge on any atom is 0.318 e. The number of amides is 3. The second-order valence-corrected chi connectivity index (χ2v) is 14.2. The highest BCUT2D eigenvalue weighted by molar-refractivity contribution is 6.42. The molecule has 3 aromatic carbocycles. The molecule has 0 aliphatic carbocycles. The van der Waals surface area contributed by atoms with Crippen LogP contribution < -0.4 is 5.32 Å². The van der Waals surface area contributed by atoms with Crippen molar-refractivity contribution in [1.82, 2.24) is 24.9 Å². The zero-order valence-electron chi connectivity index (χ0n) is 27.1. The third-order valence-corrected chi connectivity index (χ3v) is 11.2. The highest BCUT2D eigenvalue weighted by Crippen LogP contribution is 2.41. The summed E-state index contributed by atoms with van der Waals surface area (Å²) in [4.78, 5) is 46.3. The smallest absolute Gasteiger partial charge is 0.318 e. The standard InChI is InChI=1S/C37H43Cl2N5O4/c38-31-12-11-30(25-32(31)39)36(14-20-44(27-36)34(47)28-7-3-1-4-8-28)13-17-41-18-15-37(16-19-41,29-9-5-2-6-10-29)40-35(48)43-23-21-42(22-24-43)26-33(45)46/h1-12,25H,13-24,26-27H2,(H,40,48)(H,45,46). The fraction of sp³-hybridized carbons (Fsp3) is 0.432. The van der Waals surface area contributed by atoms with E-state index in [4.69, 9.17) is 28.3 Å². The van der Waals surface area contributed by atoms with Gasteiger partial charge >= 0.3 is 12.0 Å². The van der Waals surface area contributed by atoms with Crippen molar-refractivity contribution < 1.29 is 19.5 Å². The van der Waals surface area contributed by atoms with E-state index in [0.29, 0.717) is 54.9 Å². The van der Waals surface area contributed by atoms with Gasteiger partial charge in [-0.05, 0) is 67.6 Å². The van der Waals surface area contributed by atoms with Gasteiger partial charge in [-0.25, -0.2) is 4.79 Å². The normalized spacial score (nSPS) is 21.6. The van der Waals surface area contributed by atoms with Crippen LogP contribution in [0, 0.1) is 0 Å². The van der Waals surface area contributed by atoms with Crippen LogP contribution in [-0.4, -0.2) is 108 Å². The number of nitrogens with zero attached hydrogens (tertiary/aromatic N) is 4. The topological polar surface area (TPSA) is 96.4 Å². The molecule has 0 spiro atoms. The van der Waals surface area contributed by atoms with Gasteiger partial charge in [-0.3, -0.25) is 14.5 Å². The fourth-order valence-electron chi connectivity index (χ4n) is 7.58. The minimum Gasteiger partial charge on any atom is -0.480 e. The lowest BCUT2D eigenvalue weighted by atomic mass is 9.76. The average Bonchev–Trinajstić information content (AvgIpc) is 3.55. The van der Waals surface area contributed by atoms with Gasteiger partial charge < -0.3 is 25.1 Å². The van der Waals surface area contributed by atoms with Crippen LogP contribution in [0.15, 0.2) is 78.9 Å². The molecule has 0 bridgehead atoms. The molecule has 3 aromatic rings. The molecule has 3 amide bonds. The van der Waals surface area contributed by atoms with Crippen LogP contribution in [0.4, 0.5) is 4.79 Å². The quantitative estimate of drug-likeness (QED) is 0.305. The van der Waals surface area contributed by atoms with Crippen molar-refractivity contribution in [2.75, 3.05) is 65.4 Å². The van der Waals surface area contributed by atoms with Crippen molar-refractivity contribution in [3.8, 4) is 0 Å². The second-order valence-electron chi connectivity index (χ2n) is 13.4. The second kappa shape index (κ2) is 14.9. The molecule has 6 rings (SSSR count). The molecule has 2 N–H and O–H groups in total. The lowest BCUT2D eigenvalue weighted by Crippen LogP contribution is -2.59. The number of hydrogen-bond acceptors (Lipinski definition) is 5. The molecule has 0 aromatic heterocycles. The first-order valence-electron chi connectivity index (χ1n) is 16.8. The number of rotatable bonds is 9. The molecule has 254 valence electrons. The van der Waals surface area contributed by atoms with Crippen LogP contribution in [0.25, 0.3) is 0 Å². The number of urea groups is 1. The van der Waals surface area contributed by atoms with E-state index < -0.39 is 11.5 Å². The largest absolute Gasteiger partial charge is 0.480 e. The lowest BCUT2D eigenvalue weighted by molar-refractivity contribution is -0.138. The number of hydrogen-bond donors (Lipinski definition) is 2. The number of aliphatic carboxylic acids is 1. The average molecular weight is 693 g/mol. The number of carboxylic acid groups (broad SMARTS) is 1. The summed E-state index contributed by atoms with van der Waals surface area (Å²) < 4.78 is 0. The van der Waals surface area contributed by atoms with Crippen LogP contribution in [0.3, 0.4) is 0 Å². The van der Waals surface area contributed by atoms with E-state index in [2.05, 4.69) is 28.4 Å². The molecule has 48 heavy (non-hydrogen) atoms. The SMILES string of the molecule is O=C(O)CN1CCN(C(=O)NC2(c3ccccc3)CCN(CCC3(c4ccc(Cl)c(Cl)c4)CCN(C(=O)c4ccccc4)C3)CC2)CC1. The van der Waals surface area contributed by atoms with Gasteiger partial charge in [0.2, 0.25) is 0 Å². The molecule has 3 aliphatic heterocycles. The minimum absolute atomic E-state index is 0.00699. The Bertz CT molecular complexity index is 1590. The van der Waals surface area contributed by atoms with Gasteiger partial charge in [-0.1, -0.05) is 77.8 Å². The van der Waals surface area contributed by atoms with Crippen molar-refractivity contribution in [2.45, 2.75) is 36.6 Å². The van der Waals surface area contributed by atoms with Crippen LogP contribution in [-0.2, 0) is 15.7 Å². The van der Waals surface area contributed by atoms with Crippen molar-refractivity contribution in [1.29, 1.82) is 0 Å². The predicted molar refractivity (Wildman–Crippen MR) is 188 cm³/mol. The molecule has 9 nitrogen and oxygen atoms in total. The van der Waals surface area contributed by atoms with E-state index in [0.717, 1.165) is 56.4 Å². The molecular weight excluding hydrogens is 649 g/mol. The number of piperidine rings is 1. The molecule has 3 saturated heterocycles. The van der Waals surface area contributed by atoms with Crippen LogP contribution in [0.1, 0.15) is 47.2 Å². The van der Waals surface area contributed by atoms with Gasteiger partial charge in [0, 0.05) is 63.3 Å². The highest BCUT2D eigenvalue weighted by Gasteiger charge is 2.43. The zero-order valence-corrected chi connectivity index (χ0v) is 28.6. The summed E-state index contributed by atoms with van der Waals surface area (Å²) in [6.07, 6.45) is 3.22. The Morgan fingerprint density at radius 1 is 0.708 bits per heavy atom. The van der Waals surface area contributed by atoms with Gasteiger partial charge in [-0.2, -0.15) is 0 Å². The zero-order chi connectivity index (χ0) is 33.7. The fourth-order valence-corrected chi connectivity index (χ4v) is 7.87. The Balaban J connectivity index is 1.14. The number of carbonyl (C=O) groups excluding carboxylic acids is 2. The number of piperazine rings is 1. The maximum absolute atomic E-state index is 13.6. The van der Waals surface area contributed by atoms with Crippen LogP contribution in [0.5, 0.6) is 0 Å². The molecule has 1 unspecified atom stereocenters. The third-order valence-electron chi connectivity index (χ3n) is 10.5. The number of nitrogens with one attached hydrogen (secondary N) is 1. The Hall–Kier alpha value is -3.63. The minimum atomic E-state index is -0.850. The predicted octanol–water partition coefficient (Wildman–Crippen LogP) is 5.57. The van der Waals surface area contributed by atoms with Crippen LogP contribution >= 0.6 is 23.2 Å². The molecule has 0 radical (unpaired) electrons. The summed E-state index contributed by atoms with van der Waals surface area (Å²) in [6.45, 7) is 5.81. The first-order valence-corrected chi connectivity index (χ1v) is 17.5. The Morgan fingerprint density at radius 3 is 2.02 bits per heavy atom. The van der Waals surface area contributed by atoms with E-state index in [1.54, 1.807) is 4.90 Å². The van der Waals surface area contributed by atoms with Crippen molar-refractivity contribution >= 4 is 41.1 Å². The maximum atomic E-state index is 13.6. The van der Waals surface area contributed by atoms with E-state index in [1.807, 2.05) is 70.5 Å². The van der Waals surface area contributed by atoms with Gasteiger partial charge in [0.15, 0.2) is 0 Å². The van der Waals surface area contributed by atoms with Crippen molar-refractivity contribution in [3.05, 3.63) is 106 Å². The number of carboxylic acids is 1. The summed E-state index contributed by atoms with van der Waals surface area (Å²) in [7, 11) is 0. The summed E-state index contributed by atoms with van der Waals surface area (Å²) in [5.74, 6) is -0.807. The summed E-state index contributed by atoms with van der Waals surface area (Å²) in [5, 5.41) is 13.6. The van der Waals surface area contributed by atoms with E-state index in [-0.39, 0.29) is 23.9 Å². The molecule has 3 fully saturated rings. The van der Waals surface area contributed by atoms with E-state index >= 15 is 0 Å². The molecule has 3 heterocycles. The van der Waals surface area contributed by atoms with Gasteiger partial charge in [0.25, 0.3) is 5.91 Å². The lowest BCUT2D eigenvalue weighted by Gasteiger charge is -2.45. The summed E-state index contributed by atoms with van der Waals surface area (Å²) in [6, 6.07) is 25.4. The number of halogens is 2. The van der Waals surface area contributed by atoms with E-state index in [9.17, 15) is 14.4 Å². The molecule has 1 atom stereocenters. The van der Waals surface area contributed by atoms with Crippen molar-refractivity contribution in [3.63, 3.8) is 0 Å². The monoisotopic (exact) mass is 691 g/mol. The van der Waals surface area contributed by atoms with Crippen molar-refractivity contribution in [2.24, 2.45) is 0 Å². The summed E-state index contributed by atoms with van der Waals surface area (Å²) in [5.41, 5.74) is 2.14. The number of benzene rings is 3. The van der Waals surface area contributed by atoms with Gasteiger partial charge in [0.1, 0.15) is 0 Å². The Morgan fingerprint density at radius 2 is 1.38 bits per heavy atom. The molecule has 0 saturated carbocycles. The number of likely N-dealkylation sites (tertiary alicyclic amines) is 2. The third kappa shape index (κ3) is 7.65. The highest BCUT2D eigenvalue weighted by atomic mass is 35.5. The Labute approximate surface area is 292 Å². The number of carbonyl (C=O) groups is 3. The van der Waals surface area contributed by atoms with Gasteiger partial charge in [-0.15, -0.1) is 0 Å². The first kappa shape index (κ1) is 34.2. The first-order chi connectivity index (χ1) is 23.2. The summed E-state index contributed by atoms with van der Waals surface area (Å²) >= 11 is 12.8. The Kier molecular flexibility index (Phi) is 10.6. The van der Waals surface area contributed by atoms with Crippen LogP contribution in [0.2, 0.25) is 10.0 Å². The van der Waals surface area contributed by atoms with Gasteiger partial charge in [0.05, 0.1) is 22.1 Å². The van der Waals surface area contributed by atoms with E-state index in [1.165, 1.54) is 0 Å².